The molecule has 0 aromatic carbocycles. The predicted octanol–water partition coefficient (Wildman–Crippen LogP) is 9.10. The van der Waals surface area contributed by atoms with Gasteiger partial charge in [-0.3, -0.25) is 0 Å². The third-order valence-electron chi connectivity index (χ3n) is 6.79. The van der Waals surface area contributed by atoms with Crippen LogP contribution in [0.2, 0.25) is 0 Å². The molecule has 0 spiro atoms. The van der Waals surface area contributed by atoms with E-state index in [1.54, 1.807) is 0 Å². The fourth-order valence-electron chi connectivity index (χ4n) is 3.84. The van der Waals surface area contributed by atoms with Gasteiger partial charge in [0.1, 0.15) is 0 Å². The summed E-state index contributed by atoms with van der Waals surface area (Å²) in [4.78, 5) is 0. The first kappa shape index (κ1) is 44.4. The van der Waals surface area contributed by atoms with Crippen LogP contribution in [0.4, 0.5) is 0 Å². The van der Waals surface area contributed by atoms with Gasteiger partial charge in [-0.2, -0.15) is 12.0 Å². The van der Waals surface area contributed by atoms with Crippen LogP contribution in [0.1, 0.15) is 75.7 Å². The Morgan fingerprint density at radius 2 is 0.897 bits per heavy atom. The number of hydrogen-bond acceptors (Lipinski definition) is 0. The van der Waals surface area contributed by atoms with E-state index in [2.05, 4.69) is 83.1 Å². The fourth-order valence-corrected chi connectivity index (χ4v) is 3.84. The molecule has 0 saturated heterocycles. The van der Waals surface area contributed by atoms with Crippen LogP contribution in [0.3, 0.4) is 0 Å². The van der Waals surface area contributed by atoms with Gasteiger partial charge in [0, 0.05) is 57.1 Å². The van der Waals surface area contributed by atoms with E-state index in [4.69, 9.17) is 0 Å². The molecule has 0 heterocycles. The quantitative estimate of drug-likeness (QED) is 0.183. The Morgan fingerprint density at radius 3 is 1.00 bits per heavy atom. The Balaban J connectivity index is -0.0000000757. The van der Waals surface area contributed by atoms with Crippen LogP contribution in [-0.4, -0.2) is 0 Å². The van der Waals surface area contributed by atoms with Gasteiger partial charge in [0.25, 0.3) is 0 Å². The number of hydrogen-bond donors (Lipinski definition) is 0. The van der Waals surface area contributed by atoms with Gasteiger partial charge in [0.05, 0.1) is 0 Å². The molecule has 2 rings (SSSR count). The van der Waals surface area contributed by atoms with Crippen molar-refractivity contribution in [3.63, 3.8) is 0 Å². The molecule has 6 heteroatoms. The van der Waals surface area contributed by atoms with Crippen LogP contribution in [0, 0.1) is 24.7 Å². The van der Waals surface area contributed by atoms with Crippen LogP contribution in [0.5, 0.6) is 0 Å². The van der Waals surface area contributed by atoms with Crippen LogP contribution in [0.25, 0.3) is 0 Å². The molecule has 0 nitrogen and oxygen atoms in total. The van der Waals surface area contributed by atoms with Crippen molar-refractivity contribution in [3.05, 3.63) is 58.4 Å². The summed E-state index contributed by atoms with van der Waals surface area (Å²) in [5.74, 6) is 0. The SMILES string of the molecule is Cl.Cl.Cl.Cl.[CH2-]C1=C(C)C(C)=C(C)C1(C)C.[CH2-]CC1=C(C)C(C)=C(C)C1(C)C.[Hf].[Hf]. The zero-order valence-electron chi connectivity index (χ0n) is 19.8. The standard InChI is InChI=1S/C12H19.C11H17.4ClH.2Hf/c1-7-11-9(3)8(2)10(4)12(11,5)6;1-7-8(2)10(4)11(5,6)9(7)3;;;;;;/h1,7H2,2-6H3;3H2,1-2,4-6H3;4*1H;;/q2*-1;;;;;;. The van der Waals surface area contributed by atoms with Gasteiger partial charge >= 0.3 is 0 Å². The summed E-state index contributed by atoms with van der Waals surface area (Å²) in [6, 6.07) is 0. The van der Waals surface area contributed by atoms with Crippen molar-refractivity contribution in [2.45, 2.75) is 75.7 Å². The molecule has 0 radical (unpaired) electrons. The molecule has 2 aliphatic rings. The second-order valence-corrected chi connectivity index (χ2v) is 8.21. The molecule has 0 saturated carbocycles. The maximum absolute atomic E-state index is 4.11. The van der Waals surface area contributed by atoms with Crippen molar-refractivity contribution in [3.8, 4) is 0 Å². The van der Waals surface area contributed by atoms with Crippen molar-refractivity contribution in [1.82, 2.24) is 0 Å². The first-order valence-electron chi connectivity index (χ1n) is 8.71. The van der Waals surface area contributed by atoms with Crippen LogP contribution >= 0.6 is 49.6 Å². The van der Waals surface area contributed by atoms with E-state index in [0.717, 1.165) is 6.42 Å². The zero-order chi connectivity index (χ0) is 18.3. The summed E-state index contributed by atoms with van der Waals surface area (Å²) in [5, 5.41) is 0. The molecule has 170 valence electrons. The molecule has 0 amide bonds. The van der Waals surface area contributed by atoms with E-state index in [1.165, 1.54) is 44.6 Å². The van der Waals surface area contributed by atoms with Crippen molar-refractivity contribution >= 4 is 49.6 Å². The third-order valence-corrected chi connectivity index (χ3v) is 6.79. The first-order chi connectivity index (χ1) is 10.3. The van der Waals surface area contributed by atoms with Gasteiger partial charge in [-0.25, -0.2) is 12.5 Å². The Hall–Kier alpha value is 1.73. The largest absolute Gasteiger partial charge is 0.339 e. The van der Waals surface area contributed by atoms with E-state index in [1.807, 2.05) is 0 Å². The summed E-state index contributed by atoms with van der Waals surface area (Å²) in [6.45, 7) is 30.4. The zero-order valence-corrected chi connectivity index (χ0v) is 30.2. The monoisotopic (exact) mass is 816 g/mol. The molecule has 0 N–H and O–H groups in total. The van der Waals surface area contributed by atoms with Crippen molar-refractivity contribution < 1.29 is 51.7 Å². The summed E-state index contributed by atoms with van der Waals surface area (Å²) in [7, 11) is 0. The average Bonchev–Trinajstić information content (AvgIpc) is 2.71. The molecule has 0 aliphatic heterocycles. The Bertz CT molecular complexity index is 626. The Morgan fingerprint density at radius 1 is 0.586 bits per heavy atom. The summed E-state index contributed by atoms with van der Waals surface area (Å²) >= 11 is 0. The summed E-state index contributed by atoms with van der Waals surface area (Å²) < 4.78 is 0. The van der Waals surface area contributed by atoms with Gasteiger partial charge in [-0.15, -0.1) is 62.1 Å². The number of allylic oxidation sites excluding steroid dienone is 8. The van der Waals surface area contributed by atoms with Crippen molar-refractivity contribution in [2.24, 2.45) is 10.8 Å². The number of halogens is 4. The van der Waals surface area contributed by atoms with E-state index in [9.17, 15) is 0 Å². The first-order valence-corrected chi connectivity index (χ1v) is 8.71. The Kier molecular flexibility index (Phi) is 25.1. The molecular formula is C23H40Cl4Hf2-2. The van der Waals surface area contributed by atoms with Crippen LogP contribution in [0.15, 0.2) is 44.6 Å². The maximum atomic E-state index is 4.11. The topological polar surface area (TPSA) is 0 Å². The molecular weight excluding hydrogens is 775 g/mol. The van der Waals surface area contributed by atoms with E-state index in [-0.39, 0.29) is 112 Å². The fraction of sp³-hybridized carbons (Fsp3) is 0.565. The minimum absolute atomic E-state index is 0. The molecule has 29 heavy (non-hydrogen) atoms. The van der Waals surface area contributed by atoms with Crippen molar-refractivity contribution in [2.75, 3.05) is 0 Å². The third kappa shape index (κ3) is 8.54. The van der Waals surface area contributed by atoms with E-state index >= 15 is 0 Å². The van der Waals surface area contributed by atoms with Gasteiger partial charge in [-0.1, -0.05) is 56.9 Å². The van der Waals surface area contributed by atoms with Gasteiger partial charge in [0.2, 0.25) is 0 Å². The smallest absolute Gasteiger partial charge is 0.00472 e. The van der Waals surface area contributed by atoms with E-state index < -0.39 is 0 Å². The van der Waals surface area contributed by atoms with Gasteiger partial charge in [0.15, 0.2) is 0 Å². The van der Waals surface area contributed by atoms with E-state index in [0.29, 0.717) is 0 Å². The molecule has 0 bridgehead atoms. The van der Waals surface area contributed by atoms with Crippen LogP contribution in [-0.2, 0) is 51.7 Å². The van der Waals surface area contributed by atoms with Crippen molar-refractivity contribution in [1.29, 1.82) is 0 Å². The second kappa shape index (κ2) is 16.4. The molecule has 0 fully saturated rings. The predicted molar refractivity (Wildman–Crippen MR) is 134 cm³/mol. The normalized spacial score (nSPS) is 18.2. The minimum Gasteiger partial charge on any atom is -0.339 e. The molecule has 0 atom stereocenters. The minimum atomic E-state index is 0. The van der Waals surface area contributed by atoms with Crippen LogP contribution < -0.4 is 0 Å². The average molecular weight is 815 g/mol. The summed E-state index contributed by atoms with van der Waals surface area (Å²) in [6.07, 6.45) is 0.938. The van der Waals surface area contributed by atoms with Gasteiger partial charge in [-0.05, 0) is 38.7 Å². The molecule has 2 aliphatic carbocycles. The maximum Gasteiger partial charge on any atom is 0.00472 e. The molecule has 0 aromatic rings. The Labute approximate surface area is 243 Å². The molecule has 0 aromatic heterocycles. The summed E-state index contributed by atoms with van der Waals surface area (Å²) in [5.41, 5.74) is 12.0. The van der Waals surface area contributed by atoms with Gasteiger partial charge < -0.3 is 6.92 Å². The molecule has 0 unspecified atom stereocenters. The number of rotatable bonds is 1. The second-order valence-electron chi connectivity index (χ2n) is 8.21.